The van der Waals surface area contributed by atoms with Gasteiger partial charge in [-0.3, -0.25) is 4.79 Å². The molecule has 0 unspecified atom stereocenters. The minimum atomic E-state index is -3.61. The number of benzene rings is 2. The molecule has 2 aromatic carbocycles. The summed E-state index contributed by atoms with van der Waals surface area (Å²) in [5.74, 6) is 0.581. The third-order valence-corrected chi connectivity index (χ3v) is 7.23. The topological polar surface area (TPSA) is 99.5 Å². The van der Waals surface area contributed by atoms with Crippen LogP contribution in [0.4, 0.5) is 0 Å². The summed E-state index contributed by atoms with van der Waals surface area (Å²) in [4.78, 5) is 12.6. The predicted molar refractivity (Wildman–Crippen MR) is 112 cm³/mol. The van der Waals surface area contributed by atoms with Crippen LogP contribution in [0.15, 0.2) is 53.4 Å². The second-order valence-corrected chi connectivity index (χ2v) is 9.14. The van der Waals surface area contributed by atoms with E-state index in [-0.39, 0.29) is 16.7 Å². The van der Waals surface area contributed by atoms with Gasteiger partial charge in [0, 0.05) is 25.6 Å². The van der Waals surface area contributed by atoms with Crippen molar-refractivity contribution in [2.75, 3.05) is 26.7 Å². The molecule has 0 saturated carbocycles. The van der Waals surface area contributed by atoms with Gasteiger partial charge in [-0.2, -0.15) is 9.57 Å². The summed E-state index contributed by atoms with van der Waals surface area (Å²) in [7, 11) is -1.99. The number of carbonyl (C=O) groups excluding carboxylic acids is 1. The normalized spacial score (nSPS) is 15.3. The molecule has 0 radical (unpaired) electrons. The van der Waals surface area contributed by atoms with Crippen LogP contribution < -0.4 is 10.1 Å². The largest absolute Gasteiger partial charge is 0.497 e. The van der Waals surface area contributed by atoms with Crippen molar-refractivity contribution in [3.05, 3.63) is 59.7 Å². The number of hydrogen-bond acceptors (Lipinski definition) is 5. The number of nitriles is 1. The number of methoxy groups -OCH3 is 1. The van der Waals surface area contributed by atoms with E-state index in [4.69, 9.17) is 10.00 Å². The Hall–Kier alpha value is -2.89. The highest BCUT2D eigenvalue weighted by molar-refractivity contribution is 7.89. The second kappa shape index (κ2) is 9.74. The van der Waals surface area contributed by atoms with Gasteiger partial charge in [-0.05, 0) is 61.2 Å². The number of hydrogen-bond donors (Lipinski definition) is 1. The molecule has 1 aliphatic rings. The maximum atomic E-state index is 12.8. The Morgan fingerprint density at radius 2 is 1.77 bits per heavy atom. The van der Waals surface area contributed by atoms with Crippen molar-refractivity contribution < 1.29 is 17.9 Å². The molecule has 1 amide bonds. The molecule has 0 bridgehead atoms. The van der Waals surface area contributed by atoms with E-state index in [9.17, 15) is 13.2 Å². The van der Waals surface area contributed by atoms with Gasteiger partial charge in [0.15, 0.2) is 0 Å². The fourth-order valence-corrected chi connectivity index (χ4v) is 4.95. The lowest BCUT2D eigenvalue weighted by molar-refractivity contribution is -0.126. The average molecular weight is 428 g/mol. The maximum Gasteiger partial charge on any atom is 0.243 e. The van der Waals surface area contributed by atoms with Crippen LogP contribution in [0.25, 0.3) is 0 Å². The van der Waals surface area contributed by atoms with Crippen LogP contribution in [0.5, 0.6) is 5.75 Å². The monoisotopic (exact) mass is 427 g/mol. The van der Waals surface area contributed by atoms with Crippen molar-refractivity contribution in [3.63, 3.8) is 0 Å². The number of carbonyl (C=O) groups is 1. The van der Waals surface area contributed by atoms with Crippen LogP contribution in [0.2, 0.25) is 0 Å². The van der Waals surface area contributed by atoms with Crippen LogP contribution in [0.1, 0.15) is 24.0 Å². The molecule has 0 aromatic heterocycles. The first-order valence-corrected chi connectivity index (χ1v) is 11.3. The molecule has 8 heteroatoms. The third kappa shape index (κ3) is 5.17. The number of sulfonamides is 1. The molecule has 1 saturated heterocycles. The maximum absolute atomic E-state index is 12.8. The van der Waals surface area contributed by atoms with Crippen molar-refractivity contribution in [1.29, 1.82) is 5.26 Å². The summed E-state index contributed by atoms with van der Waals surface area (Å²) >= 11 is 0. The highest BCUT2D eigenvalue weighted by Crippen LogP contribution is 2.24. The molecule has 0 atom stereocenters. The predicted octanol–water partition coefficient (Wildman–Crippen LogP) is 2.33. The summed E-state index contributed by atoms with van der Waals surface area (Å²) in [5.41, 5.74) is 1.53. The molecule has 1 heterocycles. The molecule has 0 aliphatic carbocycles. The van der Waals surface area contributed by atoms with Crippen LogP contribution >= 0.6 is 0 Å². The Kier molecular flexibility index (Phi) is 7.08. The SMILES string of the molecule is COc1ccc(CCNC(=O)C2CCN(S(=O)(=O)c3ccc(C#N)cc3)CC2)cc1. The van der Waals surface area contributed by atoms with E-state index in [1.165, 1.54) is 28.6 Å². The Morgan fingerprint density at radius 1 is 1.13 bits per heavy atom. The Bertz CT molecular complexity index is 1000. The summed E-state index contributed by atoms with van der Waals surface area (Å²) in [5, 5.41) is 11.8. The van der Waals surface area contributed by atoms with E-state index in [1.54, 1.807) is 7.11 Å². The fraction of sp³-hybridized carbons (Fsp3) is 0.364. The summed E-state index contributed by atoms with van der Waals surface area (Å²) in [6.45, 7) is 1.15. The quantitative estimate of drug-likeness (QED) is 0.731. The smallest absolute Gasteiger partial charge is 0.243 e. The first-order valence-electron chi connectivity index (χ1n) is 9.85. The zero-order valence-corrected chi connectivity index (χ0v) is 17.7. The second-order valence-electron chi connectivity index (χ2n) is 7.20. The van der Waals surface area contributed by atoms with E-state index < -0.39 is 10.0 Å². The van der Waals surface area contributed by atoms with Crippen molar-refractivity contribution in [2.45, 2.75) is 24.2 Å². The third-order valence-electron chi connectivity index (χ3n) is 5.32. The number of ether oxygens (including phenoxy) is 1. The molecule has 2 aromatic rings. The molecule has 158 valence electrons. The molecule has 30 heavy (non-hydrogen) atoms. The first-order chi connectivity index (χ1) is 14.4. The van der Waals surface area contributed by atoms with Crippen molar-refractivity contribution in [2.24, 2.45) is 5.92 Å². The molecular weight excluding hydrogens is 402 g/mol. The molecule has 1 N–H and O–H groups in total. The first kappa shape index (κ1) is 21.8. The lowest BCUT2D eigenvalue weighted by Gasteiger charge is -2.30. The summed E-state index contributed by atoms with van der Waals surface area (Å²) < 4.78 is 32.1. The number of nitrogens with zero attached hydrogens (tertiary/aromatic N) is 2. The molecule has 1 fully saturated rings. The van der Waals surface area contributed by atoms with E-state index in [2.05, 4.69) is 5.32 Å². The van der Waals surface area contributed by atoms with Gasteiger partial charge in [-0.25, -0.2) is 8.42 Å². The summed E-state index contributed by atoms with van der Waals surface area (Å²) in [6.07, 6.45) is 1.70. The Balaban J connectivity index is 1.48. The standard InChI is InChI=1S/C22H25N3O4S/c1-29-20-6-2-17(3-7-20)10-13-24-22(26)19-11-14-25(15-12-19)30(27,28)21-8-4-18(16-23)5-9-21/h2-9,19H,10-15H2,1H3,(H,24,26). The zero-order valence-electron chi connectivity index (χ0n) is 16.9. The average Bonchev–Trinajstić information content (AvgIpc) is 2.79. The lowest BCUT2D eigenvalue weighted by Crippen LogP contribution is -2.43. The molecule has 7 nitrogen and oxygen atoms in total. The molecule has 0 spiro atoms. The van der Waals surface area contributed by atoms with Gasteiger partial charge in [0.1, 0.15) is 5.75 Å². The van der Waals surface area contributed by atoms with Crippen molar-refractivity contribution in [3.8, 4) is 11.8 Å². The van der Waals surface area contributed by atoms with Gasteiger partial charge < -0.3 is 10.1 Å². The summed E-state index contributed by atoms with van der Waals surface area (Å²) in [6, 6.07) is 15.6. The molecular formula is C22H25N3O4S. The number of piperidine rings is 1. The minimum Gasteiger partial charge on any atom is -0.497 e. The highest BCUT2D eigenvalue weighted by Gasteiger charge is 2.31. The van der Waals surface area contributed by atoms with Crippen molar-refractivity contribution >= 4 is 15.9 Å². The van der Waals surface area contributed by atoms with E-state index in [1.807, 2.05) is 30.3 Å². The fourth-order valence-electron chi connectivity index (χ4n) is 3.48. The van der Waals surface area contributed by atoms with Gasteiger partial charge in [0.25, 0.3) is 0 Å². The van der Waals surface area contributed by atoms with E-state index in [0.717, 1.165) is 17.7 Å². The highest BCUT2D eigenvalue weighted by atomic mass is 32.2. The van der Waals surface area contributed by atoms with Crippen LogP contribution in [-0.2, 0) is 21.2 Å². The minimum absolute atomic E-state index is 0.0288. The lowest BCUT2D eigenvalue weighted by atomic mass is 9.97. The Morgan fingerprint density at radius 3 is 2.33 bits per heavy atom. The van der Waals surface area contributed by atoms with E-state index >= 15 is 0 Å². The van der Waals surface area contributed by atoms with E-state index in [0.29, 0.717) is 38.0 Å². The van der Waals surface area contributed by atoms with Crippen LogP contribution in [-0.4, -0.2) is 45.4 Å². The molecule has 1 aliphatic heterocycles. The van der Waals surface area contributed by atoms with Gasteiger partial charge in [-0.15, -0.1) is 0 Å². The zero-order chi connectivity index (χ0) is 21.6. The van der Waals surface area contributed by atoms with Gasteiger partial charge in [0.2, 0.25) is 15.9 Å². The van der Waals surface area contributed by atoms with Crippen LogP contribution in [0, 0.1) is 17.2 Å². The van der Waals surface area contributed by atoms with Gasteiger partial charge >= 0.3 is 0 Å². The molecule has 3 rings (SSSR count). The number of amides is 1. The number of nitrogens with one attached hydrogen (secondary N) is 1. The van der Waals surface area contributed by atoms with Crippen molar-refractivity contribution in [1.82, 2.24) is 9.62 Å². The number of rotatable bonds is 7. The van der Waals surface area contributed by atoms with Gasteiger partial charge in [0.05, 0.1) is 23.6 Å². The van der Waals surface area contributed by atoms with Crippen LogP contribution in [0.3, 0.4) is 0 Å². The van der Waals surface area contributed by atoms with Gasteiger partial charge in [-0.1, -0.05) is 12.1 Å². The Labute approximate surface area is 177 Å².